The fraction of sp³-hybridized carbons (Fsp3) is 0.588. The van der Waals surface area contributed by atoms with Gasteiger partial charge < -0.3 is 0 Å². The van der Waals surface area contributed by atoms with Crippen molar-refractivity contribution in [2.24, 2.45) is 5.92 Å². The monoisotopic (exact) mass is 274 g/mol. The number of nitrogens with zero attached hydrogens (tertiary/aromatic N) is 2. The minimum Gasteiger partial charge on any atom is -0.273 e. The van der Waals surface area contributed by atoms with Gasteiger partial charge in [-0.1, -0.05) is 38.5 Å². The van der Waals surface area contributed by atoms with Crippen LogP contribution in [0.5, 0.6) is 0 Å². The number of carbonyl (C=O) groups is 1. The molecule has 1 amide bonds. The number of hydrazine groups is 1. The minimum atomic E-state index is 0.0101. The number of carbonyl (C=O) groups excluding carboxylic acids is 1. The second kappa shape index (κ2) is 6.40. The summed E-state index contributed by atoms with van der Waals surface area (Å²) in [4.78, 5) is 12.7. The molecule has 3 heteroatoms. The van der Waals surface area contributed by atoms with Crippen LogP contribution in [0.4, 0.5) is 5.69 Å². The highest BCUT2D eigenvalue weighted by atomic mass is 16.2. The predicted octanol–water partition coefficient (Wildman–Crippen LogP) is 3.69. The van der Waals surface area contributed by atoms with Gasteiger partial charge in [0, 0.05) is 19.0 Å². The van der Waals surface area contributed by atoms with Crippen molar-refractivity contribution in [2.75, 3.05) is 18.1 Å². The number of anilines is 1. The molecule has 2 rings (SSSR count). The van der Waals surface area contributed by atoms with E-state index in [2.05, 4.69) is 37.1 Å². The Morgan fingerprint density at radius 3 is 2.15 bits per heavy atom. The maximum absolute atomic E-state index is 12.7. The van der Waals surface area contributed by atoms with Crippen LogP contribution in [0.15, 0.2) is 18.2 Å². The third kappa shape index (κ3) is 3.04. The molecular weight excluding hydrogens is 248 g/mol. The molecule has 0 radical (unpaired) electrons. The molecule has 1 aromatic rings. The predicted molar refractivity (Wildman–Crippen MR) is 83.7 cm³/mol. The van der Waals surface area contributed by atoms with Crippen LogP contribution in [0.25, 0.3) is 0 Å². The molecule has 3 nitrogen and oxygen atoms in total. The lowest BCUT2D eigenvalue weighted by atomic mass is 10.1. The second-order valence-corrected chi connectivity index (χ2v) is 6.06. The van der Waals surface area contributed by atoms with Crippen LogP contribution in [0.2, 0.25) is 0 Å². The SMILES string of the molecule is Cc1cccc(C)c1N(C(=O)C(C)C)N1CCCCC1. The van der Waals surface area contributed by atoms with Crippen LogP contribution in [0, 0.1) is 19.8 Å². The average Bonchev–Trinajstić information content (AvgIpc) is 2.43. The quantitative estimate of drug-likeness (QED) is 0.839. The molecule has 0 spiro atoms. The molecule has 1 aromatic carbocycles. The van der Waals surface area contributed by atoms with E-state index in [0.717, 1.165) is 18.8 Å². The van der Waals surface area contributed by atoms with Crippen LogP contribution >= 0.6 is 0 Å². The van der Waals surface area contributed by atoms with Crippen LogP contribution in [-0.4, -0.2) is 24.0 Å². The van der Waals surface area contributed by atoms with Gasteiger partial charge in [-0.2, -0.15) is 0 Å². The second-order valence-electron chi connectivity index (χ2n) is 6.06. The van der Waals surface area contributed by atoms with Gasteiger partial charge in [0.15, 0.2) is 0 Å². The average molecular weight is 274 g/mol. The molecule has 0 atom stereocenters. The molecule has 0 unspecified atom stereocenters. The molecule has 0 aromatic heterocycles. The molecule has 0 N–H and O–H groups in total. The van der Waals surface area contributed by atoms with E-state index in [0.29, 0.717) is 0 Å². The zero-order chi connectivity index (χ0) is 14.7. The van der Waals surface area contributed by atoms with Crippen molar-refractivity contribution in [3.05, 3.63) is 29.3 Å². The maximum Gasteiger partial charge on any atom is 0.244 e. The smallest absolute Gasteiger partial charge is 0.244 e. The van der Waals surface area contributed by atoms with Crippen molar-refractivity contribution < 1.29 is 4.79 Å². The van der Waals surface area contributed by atoms with E-state index in [-0.39, 0.29) is 11.8 Å². The molecule has 0 bridgehead atoms. The first-order chi connectivity index (χ1) is 9.52. The fourth-order valence-electron chi connectivity index (χ4n) is 2.85. The number of para-hydroxylation sites is 1. The van der Waals surface area contributed by atoms with Gasteiger partial charge >= 0.3 is 0 Å². The summed E-state index contributed by atoms with van der Waals surface area (Å²) in [6.07, 6.45) is 3.62. The Bertz CT molecular complexity index is 456. The summed E-state index contributed by atoms with van der Waals surface area (Å²) in [7, 11) is 0. The lowest BCUT2D eigenvalue weighted by Crippen LogP contribution is -2.51. The van der Waals surface area contributed by atoms with Gasteiger partial charge in [0.2, 0.25) is 5.91 Å². The normalized spacial score (nSPS) is 16.4. The lowest BCUT2D eigenvalue weighted by molar-refractivity contribution is -0.124. The van der Waals surface area contributed by atoms with Gasteiger partial charge in [-0.15, -0.1) is 0 Å². The number of rotatable bonds is 3. The molecule has 1 aliphatic rings. The number of aryl methyl sites for hydroxylation is 2. The first-order valence-corrected chi connectivity index (χ1v) is 7.67. The number of piperidine rings is 1. The number of hydrogen-bond donors (Lipinski definition) is 0. The zero-order valence-corrected chi connectivity index (χ0v) is 13.1. The zero-order valence-electron chi connectivity index (χ0n) is 13.1. The van der Waals surface area contributed by atoms with E-state index in [1.165, 1.54) is 30.4 Å². The topological polar surface area (TPSA) is 23.6 Å². The maximum atomic E-state index is 12.7. The van der Waals surface area contributed by atoms with Gasteiger partial charge in [0.05, 0.1) is 5.69 Å². The number of benzene rings is 1. The highest BCUT2D eigenvalue weighted by Crippen LogP contribution is 2.29. The highest BCUT2D eigenvalue weighted by Gasteiger charge is 2.28. The van der Waals surface area contributed by atoms with E-state index in [9.17, 15) is 4.79 Å². The van der Waals surface area contributed by atoms with E-state index < -0.39 is 0 Å². The van der Waals surface area contributed by atoms with Crippen molar-refractivity contribution in [1.29, 1.82) is 0 Å². The van der Waals surface area contributed by atoms with Crippen LogP contribution in [0.1, 0.15) is 44.2 Å². The Labute approximate surface area is 122 Å². The number of hydrogen-bond acceptors (Lipinski definition) is 2. The molecule has 1 heterocycles. The number of amides is 1. The van der Waals surface area contributed by atoms with Gasteiger partial charge in [-0.05, 0) is 37.8 Å². The third-order valence-corrected chi connectivity index (χ3v) is 3.97. The van der Waals surface area contributed by atoms with Crippen LogP contribution in [0.3, 0.4) is 0 Å². The van der Waals surface area contributed by atoms with Crippen LogP contribution < -0.4 is 5.01 Å². The Kier molecular flexibility index (Phi) is 4.81. The summed E-state index contributed by atoms with van der Waals surface area (Å²) in [5, 5.41) is 4.19. The van der Waals surface area contributed by atoms with E-state index >= 15 is 0 Å². The summed E-state index contributed by atoms with van der Waals surface area (Å²) < 4.78 is 0. The summed E-state index contributed by atoms with van der Waals surface area (Å²) in [5.41, 5.74) is 3.42. The largest absolute Gasteiger partial charge is 0.273 e. The van der Waals surface area contributed by atoms with E-state index in [4.69, 9.17) is 0 Å². The van der Waals surface area contributed by atoms with Crippen molar-refractivity contribution in [3.63, 3.8) is 0 Å². The first-order valence-electron chi connectivity index (χ1n) is 7.67. The van der Waals surface area contributed by atoms with Gasteiger partial charge in [-0.25, -0.2) is 10.0 Å². The molecule has 1 aliphatic heterocycles. The standard InChI is InChI=1S/C17H26N2O/c1-13(2)17(20)19(18-11-6-5-7-12-18)16-14(3)9-8-10-15(16)4/h8-10,13H,5-7,11-12H2,1-4H3. The third-order valence-electron chi connectivity index (χ3n) is 3.97. The molecular formula is C17H26N2O. The minimum absolute atomic E-state index is 0.0101. The highest BCUT2D eigenvalue weighted by molar-refractivity contribution is 5.95. The van der Waals surface area contributed by atoms with Crippen molar-refractivity contribution in [1.82, 2.24) is 5.01 Å². The van der Waals surface area contributed by atoms with Crippen molar-refractivity contribution in [2.45, 2.75) is 47.0 Å². The molecule has 1 fully saturated rings. The molecule has 1 saturated heterocycles. The summed E-state index contributed by atoms with van der Waals surface area (Å²) in [6.45, 7) is 10.1. The molecule has 0 aliphatic carbocycles. The van der Waals surface area contributed by atoms with E-state index in [1.807, 2.05) is 18.9 Å². The Morgan fingerprint density at radius 1 is 1.10 bits per heavy atom. The van der Waals surface area contributed by atoms with Crippen molar-refractivity contribution >= 4 is 11.6 Å². The van der Waals surface area contributed by atoms with Crippen LogP contribution in [-0.2, 0) is 4.79 Å². The van der Waals surface area contributed by atoms with Gasteiger partial charge in [-0.3, -0.25) is 4.79 Å². The molecule has 20 heavy (non-hydrogen) atoms. The Balaban J connectivity index is 2.42. The Morgan fingerprint density at radius 2 is 1.65 bits per heavy atom. The summed E-state index contributed by atoms with van der Waals surface area (Å²) in [6, 6.07) is 6.24. The summed E-state index contributed by atoms with van der Waals surface area (Å²) in [5.74, 6) is 0.209. The lowest BCUT2D eigenvalue weighted by Gasteiger charge is -2.39. The molecule has 0 saturated carbocycles. The summed E-state index contributed by atoms with van der Waals surface area (Å²) >= 11 is 0. The van der Waals surface area contributed by atoms with Gasteiger partial charge in [0.25, 0.3) is 0 Å². The first kappa shape index (κ1) is 15.0. The van der Waals surface area contributed by atoms with Gasteiger partial charge in [0.1, 0.15) is 0 Å². The van der Waals surface area contributed by atoms with Crippen molar-refractivity contribution in [3.8, 4) is 0 Å². The molecule has 110 valence electrons. The fourth-order valence-corrected chi connectivity index (χ4v) is 2.85. The Hall–Kier alpha value is -1.35. The van der Waals surface area contributed by atoms with E-state index in [1.54, 1.807) is 0 Å².